The molecule has 1 aromatic heterocycles. The largest absolute Gasteiger partial charge is 0.493 e. The zero-order chi connectivity index (χ0) is 15.5. The molecule has 5 heteroatoms. The van der Waals surface area contributed by atoms with Gasteiger partial charge in [0.25, 0.3) is 0 Å². The van der Waals surface area contributed by atoms with Crippen molar-refractivity contribution in [2.75, 3.05) is 32.8 Å². The number of ether oxygens (including phenoxy) is 1. The van der Waals surface area contributed by atoms with Gasteiger partial charge in [-0.3, -0.25) is 9.88 Å². The van der Waals surface area contributed by atoms with Crippen molar-refractivity contribution in [3.05, 3.63) is 59.4 Å². The molecule has 0 aliphatic carbocycles. The average molecular weight is 346 g/mol. The molecule has 1 unspecified atom stereocenters. The van der Waals surface area contributed by atoms with Crippen molar-refractivity contribution in [3.8, 4) is 5.75 Å². The van der Waals surface area contributed by atoms with Crippen LogP contribution < -0.4 is 10.1 Å². The Hall–Kier alpha value is -1.62. The lowest BCUT2D eigenvalue weighted by Crippen LogP contribution is -2.46. The van der Waals surface area contributed by atoms with Gasteiger partial charge in [0.15, 0.2) is 0 Å². The zero-order valence-electron chi connectivity index (χ0n) is 13.8. The molecule has 24 heavy (non-hydrogen) atoms. The highest BCUT2D eigenvalue weighted by molar-refractivity contribution is 5.85. The SMILES string of the molecule is Cl.c1cncc(C2CNCCN2CCc2ccc3c(c2)CCO3)c1. The van der Waals surface area contributed by atoms with Crippen molar-refractivity contribution in [1.82, 2.24) is 15.2 Å². The van der Waals surface area contributed by atoms with E-state index < -0.39 is 0 Å². The molecule has 1 saturated heterocycles. The number of piperazine rings is 1. The minimum Gasteiger partial charge on any atom is -0.493 e. The summed E-state index contributed by atoms with van der Waals surface area (Å²) in [6, 6.07) is 11.3. The van der Waals surface area contributed by atoms with Gasteiger partial charge in [-0.1, -0.05) is 18.2 Å². The van der Waals surface area contributed by atoms with Gasteiger partial charge in [0.1, 0.15) is 5.75 Å². The fourth-order valence-electron chi connectivity index (χ4n) is 3.58. The van der Waals surface area contributed by atoms with E-state index in [1.54, 1.807) is 0 Å². The third-order valence-electron chi connectivity index (χ3n) is 4.86. The smallest absolute Gasteiger partial charge is 0.122 e. The van der Waals surface area contributed by atoms with Crippen molar-refractivity contribution in [2.45, 2.75) is 18.9 Å². The van der Waals surface area contributed by atoms with Gasteiger partial charge in [-0.2, -0.15) is 0 Å². The van der Waals surface area contributed by atoms with Gasteiger partial charge >= 0.3 is 0 Å². The van der Waals surface area contributed by atoms with Gasteiger partial charge in [0.05, 0.1) is 6.61 Å². The predicted octanol–water partition coefficient (Wildman–Crippen LogP) is 2.63. The number of pyridine rings is 1. The van der Waals surface area contributed by atoms with E-state index in [1.807, 2.05) is 18.5 Å². The van der Waals surface area contributed by atoms with Crippen LogP contribution in [0.1, 0.15) is 22.7 Å². The molecule has 2 aliphatic heterocycles. The standard InChI is InChI=1S/C19H23N3O.ClH/c1-2-17(13-20-7-1)18-14-21-8-10-22(18)9-5-15-3-4-19-16(12-15)6-11-23-19;/h1-4,7,12-13,18,21H,5-6,8-11,14H2;1H. The Morgan fingerprint density at radius 2 is 2.25 bits per heavy atom. The molecule has 1 fully saturated rings. The van der Waals surface area contributed by atoms with Crippen LogP contribution in [0.15, 0.2) is 42.7 Å². The van der Waals surface area contributed by atoms with Crippen LogP contribution in [0.5, 0.6) is 5.75 Å². The maximum absolute atomic E-state index is 5.60. The summed E-state index contributed by atoms with van der Waals surface area (Å²) < 4.78 is 5.60. The molecule has 128 valence electrons. The van der Waals surface area contributed by atoms with Crippen molar-refractivity contribution in [1.29, 1.82) is 0 Å². The molecule has 0 radical (unpaired) electrons. The van der Waals surface area contributed by atoms with E-state index in [0.717, 1.165) is 51.4 Å². The molecule has 1 N–H and O–H groups in total. The molecule has 0 saturated carbocycles. The zero-order valence-corrected chi connectivity index (χ0v) is 14.6. The highest BCUT2D eigenvalue weighted by Crippen LogP contribution is 2.27. The normalized spacial score (nSPS) is 20.1. The molecule has 0 amide bonds. The van der Waals surface area contributed by atoms with E-state index in [0.29, 0.717) is 6.04 Å². The first-order valence-corrected chi connectivity index (χ1v) is 8.49. The predicted molar refractivity (Wildman–Crippen MR) is 98.0 cm³/mol. The fraction of sp³-hybridized carbons (Fsp3) is 0.421. The number of nitrogens with one attached hydrogen (secondary N) is 1. The Bertz CT molecular complexity index is 665. The third-order valence-corrected chi connectivity index (χ3v) is 4.86. The van der Waals surface area contributed by atoms with Crippen LogP contribution in [0.25, 0.3) is 0 Å². The summed E-state index contributed by atoms with van der Waals surface area (Å²) in [5.74, 6) is 1.07. The summed E-state index contributed by atoms with van der Waals surface area (Å²) in [6.07, 6.45) is 5.98. The number of benzene rings is 1. The molecule has 0 spiro atoms. The van der Waals surface area contributed by atoms with Gasteiger partial charge in [-0.05, 0) is 35.2 Å². The van der Waals surface area contributed by atoms with E-state index >= 15 is 0 Å². The highest BCUT2D eigenvalue weighted by Gasteiger charge is 2.23. The molecule has 2 aromatic rings. The fourth-order valence-corrected chi connectivity index (χ4v) is 3.58. The third kappa shape index (κ3) is 3.72. The number of nitrogens with zero attached hydrogens (tertiary/aromatic N) is 2. The Morgan fingerprint density at radius 1 is 1.29 bits per heavy atom. The van der Waals surface area contributed by atoms with Crippen LogP contribution in [-0.4, -0.2) is 42.7 Å². The van der Waals surface area contributed by atoms with Gasteiger partial charge in [-0.15, -0.1) is 12.4 Å². The van der Waals surface area contributed by atoms with Crippen LogP contribution in [0.3, 0.4) is 0 Å². The second-order valence-corrected chi connectivity index (χ2v) is 6.33. The minimum absolute atomic E-state index is 0. The summed E-state index contributed by atoms with van der Waals surface area (Å²) in [6.45, 7) is 5.08. The number of aromatic nitrogens is 1. The van der Waals surface area contributed by atoms with Gasteiger partial charge in [0.2, 0.25) is 0 Å². The van der Waals surface area contributed by atoms with E-state index in [4.69, 9.17) is 4.74 Å². The monoisotopic (exact) mass is 345 g/mol. The number of hydrogen-bond donors (Lipinski definition) is 1. The Morgan fingerprint density at radius 3 is 3.12 bits per heavy atom. The van der Waals surface area contributed by atoms with Crippen molar-refractivity contribution in [2.24, 2.45) is 0 Å². The topological polar surface area (TPSA) is 37.4 Å². The highest BCUT2D eigenvalue weighted by atomic mass is 35.5. The van der Waals surface area contributed by atoms with E-state index in [2.05, 4.69) is 39.5 Å². The molecule has 0 bridgehead atoms. The van der Waals surface area contributed by atoms with Gasteiger partial charge < -0.3 is 10.1 Å². The van der Waals surface area contributed by atoms with Crippen LogP contribution in [0.4, 0.5) is 0 Å². The lowest BCUT2D eigenvalue weighted by Gasteiger charge is -2.36. The Balaban J connectivity index is 0.00000169. The molecule has 4 nitrogen and oxygen atoms in total. The quantitative estimate of drug-likeness (QED) is 0.924. The molecule has 4 rings (SSSR count). The summed E-state index contributed by atoms with van der Waals surface area (Å²) >= 11 is 0. The lowest BCUT2D eigenvalue weighted by molar-refractivity contribution is 0.164. The second kappa shape index (κ2) is 7.97. The van der Waals surface area contributed by atoms with E-state index in [1.165, 1.54) is 16.7 Å². The van der Waals surface area contributed by atoms with E-state index in [-0.39, 0.29) is 12.4 Å². The first-order valence-electron chi connectivity index (χ1n) is 8.49. The summed E-state index contributed by atoms with van der Waals surface area (Å²) in [5.41, 5.74) is 4.09. The summed E-state index contributed by atoms with van der Waals surface area (Å²) in [7, 11) is 0. The lowest BCUT2D eigenvalue weighted by atomic mass is 10.0. The first-order chi connectivity index (χ1) is 11.4. The van der Waals surface area contributed by atoms with E-state index in [9.17, 15) is 0 Å². The first kappa shape index (κ1) is 17.2. The minimum atomic E-state index is 0. The molecular weight excluding hydrogens is 322 g/mol. The van der Waals surface area contributed by atoms with Gasteiger partial charge in [-0.25, -0.2) is 0 Å². The van der Waals surface area contributed by atoms with Crippen LogP contribution in [0.2, 0.25) is 0 Å². The number of rotatable bonds is 4. The van der Waals surface area contributed by atoms with Crippen molar-refractivity contribution < 1.29 is 4.74 Å². The summed E-state index contributed by atoms with van der Waals surface area (Å²) in [4.78, 5) is 6.86. The van der Waals surface area contributed by atoms with Crippen molar-refractivity contribution >= 4 is 12.4 Å². The molecule has 2 aliphatic rings. The number of hydrogen-bond acceptors (Lipinski definition) is 4. The maximum atomic E-state index is 5.60. The maximum Gasteiger partial charge on any atom is 0.122 e. The van der Waals surface area contributed by atoms with Crippen LogP contribution in [0, 0.1) is 0 Å². The average Bonchev–Trinajstić information content (AvgIpc) is 3.09. The summed E-state index contributed by atoms with van der Waals surface area (Å²) in [5, 5.41) is 3.51. The molecule has 3 heterocycles. The van der Waals surface area contributed by atoms with Crippen LogP contribution >= 0.6 is 12.4 Å². The molecular formula is C19H24ClN3O. The second-order valence-electron chi connectivity index (χ2n) is 6.33. The number of halogens is 1. The van der Waals surface area contributed by atoms with Crippen molar-refractivity contribution in [3.63, 3.8) is 0 Å². The molecule has 1 aromatic carbocycles. The molecule has 1 atom stereocenters. The van der Waals surface area contributed by atoms with Crippen LogP contribution in [-0.2, 0) is 12.8 Å². The van der Waals surface area contributed by atoms with Gasteiger partial charge in [0, 0.05) is 51.0 Å². The number of fused-ring (bicyclic) bond motifs is 1. The Labute approximate surface area is 149 Å². The Kier molecular flexibility index (Phi) is 5.72.